The minimum Gasteiger partial charge on any atom is -0.431 e. The fourth-order valence-electron chi connectivity index (χ4n) is 3.87. The number of nitrogens with zero attached hydrogens (tertiary/aromatic N) is 3. The van der Waals surface area contributed by atoms with Gasteiger partial charge in [0.25, 0.3) is 5.22 Å². The number of hydrogen-bond donors (Lipinski definition) is 1. The molecular formula is C23H27FN4O2S. The van der Waals surface area contributed by atoms with Gasteiger partial charge in [0, 0.05) is 37.4 Å². The smallest absolute Gasteiger partial charge is 0.257 e. The standard InChI is InChI=1S/C23H27FN4O2S/c1-3-27-10-12-28(13-11-27)20-9-8-17(24)14-18(20)16(2)25-22(29)15-31-23-26-19-6-4-5-7-21(19)30-23/h4-9,14,16H,3,10-13,15H2,1-2H3,(H,25,29). The molecule has 1 fully saturated rings. The van der Waals surface area contributed by atoms with Gasteiger partial charge in [-0.1, -0.05) is 30.8 Å². The minimum absolute atomic E-state index is 0.147. The first kappa shape index (κ1) is 21.6. The van der Waals surface area contributed by atoms with Gasteiger partial charge in [-0.15, -0.1) is 0 Å². The second-order valence-corrected chi connectivity index (χ2v) is 8.58. The van der Waals surface area contributed by atoms with Gasteiger partial charge < -0.3 is 19.5 Å². The third-order valence-corrected chi connectivity index (χ3v) is 6.42. The van der Waals surface area contributed by atoms with Crippen molar-refractivity contribution in [1.82, 2.24) is 15.2 Å². The maximum absolute atomic E-state index is 14.0. The average molecular weight is 443 g/mol. The topological polar surface area (TPSA) is 61.6 Å². The van der Waals surface area contributed by atoms with Crippen LogP contribution in [-0.2, 0) is 4.79 Å². The summed E-state index contributed by atoms with van der Waals surface area (Å²) in [6, 6.07) is 12.0. The molecule has 31 heavy (non-hydrogen) atoms. The van der Waals surface area contributed by atoms with Crippen LogP contribution in [0.25, 0.3) is 11.1 Å². The molecule has 2 aromatic carbocycles. The van der Waals surface area contributed by atoms with E-state index in [0.29, 0.717) is 10.8 Å². The van der Waals surface area contributed by atoms with Crippen LogP contribution >= 0.6 is 11.8 Å². The van der Waals surface area contributed by atoms with E-state index in [2.05, 4.69) is 27.0 Å². The monoisotopic (exact) mass is 442 g/mol. The number of hydrogen-bond acceptors (Lipinski definition) is 6. The van der Waals surface area contributed by atoms with E-state index < -0.39 is 0 Å². The molecule has 0 spiro atoms. The molecule has 1 N–H and O–H groups in total. The molecule has 3 aromatic rings. The van der Waals surface area contributed by atoms with Gasteiger partial charge in [0.1, 0.15) is 11.3 Å². The summed E-state index contributed by atoms with van der Waals surface area (Å²) >= 11 is 1.25. The maximum atomic E-state index is 14.0. The number of piperazine rings is 1. The van der Waals surface area contributed by atoms with Crippen molar-refractivity contribution in [3.63, 3.8) is 0 Å². The number of thioether (sulfide) groups is 1. The summed E-state index contributed by atoms with van der Waals surface area (Å²) < 4.78 is 19.7. The molecule has 1 unspecified atom stereocenters. The number of halogens is 1. The second kappa shape index (κ2) is 9.70. The Morgan fingerprint density at radius 2 is 2.00 bits per heavy atom. The van der Waals surface area contributed by atoms with E-state index in [4.69, 9.17) is 4.42 Å². The summed E-state index contributed by atoms with van der Waals surface area (Å²) in [7, 11) is 0. The SMILES string of the molecule is CCN1CCN(c2ccc(F)cc2C(C)NC(=O)CSc2nc3ccccc3o2)CC1. The Morgan fingerprint density at radius 3 is 2.74 bits per heavy atom. The molecule has 4 rings (SSSR count). The molecule has 0 saturated carbocycles. The Labute approximate surface area is 185 Å². The van der Waals surface area contributed by atoms with E-state index in [9.17, 15) is 9.18 Å². The normalized spacial score (nSPS) is 15.9. The summed E-state index contributed by atoms with van der Waals surface area (Å²) in [4.78, 5) is 21.6. The van der Waals surface area contributed by atoms with Gasteiger partial charge in [-0.2, -0.15) is 0 Å². The molecule has 0 aliphatic carbocycles. The van der Waals surface area contributed by atoms with Crippen LogP contribution in [0.3, 0.4) is 0 Å². The third-order valence-electron chi connectivity index (χ3n) is 5.59. The predicted molar refractivity (Wildman–Crippen MR) is 122 cm³/mol. The molecule has 1 atom stereocenters. The summed E-state index contributed by atoms with van der Waals surface area (Å²) in [6.45, 7) is 8.83. The van der Waals surface area contributed by atoms with Gasteiger partial charge in [0.2, 0.25) is 5.91 Å². The second-order valence-electron chi connectivity index (χ2n) is 7.65. The molecule has 1 saturated heterocycles. The third kappa shape index (κ3) is 5.19. The quantitative estimate of drug-likeness (QED) is 0.557. The summed E-state index contributed by atoms with van der Waals surface area (Å²) in [5, 5.41) is 3.46. The van der Waals surface area contributed by atoms with Crippen LogP contribution in [-0.4, -0.2) is 54.3 Å². The molecule has 1 aliphatic heterocycles. The Morgan fingerprint density at radius 1 is 1.23 bits per heavy atom. The Kier molecular flexibility index (Phi) is 6.77. The lowest BCUT2D eigenvalue weighted by Gasteiger charge is -2.37. The van der Waals surface area contributed by atoms with Crippen LogP contribution in [0, 0.1) is 5.82 Å². The molecule has 1 aromatic heterocycles. The van der Waals surface area contributed by atoms with Crippen LogP contribution in [0.1, 0.15) is 25.5 Å². The lowest BCUT2D eigenvalue weighted by Crippen LogP contribution is -2.46. The number of para-hydroxylation sites is 2. The fraction of sp³-hybridized carbons (Fsp3) is 0.391. The van der Waals surface area contributed by atoms with Gasteiger partial charge in [0.15, 0.2) is 5.58 Å². The predicted octanol–water partition coefficient (Wildman–Crippen LogP) is 4.08. The molecular weight excluding hydrogens is 415 g/mol. The first-order valence-electron chi connectivity index (χ1n) is 10.6. The molecule has 8 heteroatoms. The van der Waals surface area contributed by atoms with Crippen LogP contribution < -0.4 is 10.2 Å². The number of nitrogens with one attached hydrogen (secondary N) is 1. The van der Waals surface area contributed by atoms with Crippen molar-refractivity contribution in [3.05, 3.63) is 53.8 Å². The van der Waals surface area contributed by atoms with Crippen molar-refractivity contribution < 1.29 is 13.6 Å². The number of amides is 1. The van der Waals surface area contributed by atoms with Crippen LogP contribution in [0.15, 0.2) is 52.1 Å². The van der Waals surface area contributed by atoms with Crippen LogP contribution in [0.2, 0.25) is 0 Å². The number of rotatable bonds is 7. The van der Waals surface area contributed by atoms with Crippen molar-refractivity contribution in [1.29, 1.82) is 0 Å². The molecule has 6 nitrogen and oxygen atoms in total. The number of likely N-dealkylation sites (N-methyl/N-ethyl adjacent to an activating group) is 1. The number of oxazole rings is 1. The molecule has 1 amide bonds. The fourth-order valence-corrected chi connectivity index (χ4v) is 4.52. The zero-order valence-corrected chi connectivity index (χ0v) is 18.6. The molecule has 164 valence electrons. The van der Waals surface area contributed by atoms with Crippen LogP contribution in [0.5, 0.6) is 0 Å². The molecule has 0 bridgehead atoms. The van der Waals surface area contributed by atoms with Crippen LogP contribution in [0.4, 0.5) is 10.1 Å². The highest BCUT2D eigenvalue weighted by Gasteiger charge is 2.22. The van der Waals surface area contributed by atoms with Crippen molar-refractivity contribution in [2.45, 2.75) is 25.1 Å². The Balaban J connectivity index is 1.39. The van der Waals surface area contributed by atoms with E-state index in [1.807, 2.05) is 37.3 Å². The average Bonchev–Trinajstić information content (AvgIpc) is 3.21. The van der Waals surface area contributed by atoms with E-state index in [-0.39, 0.29) is 23.5 Å². The van der Waals surface area contributed by atoms with Gasteiger partial charge in [-0.3, -0.25) is 4.79 Å². The number of fused-ring (bicyclic) bond motifs is 1. The summed E-state index contributed by atoms with van der Waals surface area (Å²) in [6.07, 6.45) is 0. The van der Waals surface area contributed by atoms with Crippen molar-refractivity contribution in [2.75, 3.05) is 43.4 Å². The van der Waals surface area contributed by atoms with Gasteiger partial charge in [0.05, 0.1) is 11.8 Å². The zero-order chi connectivity index (χ0) is 21.8. The minimum atomic E-state index is -0.313. The first-order chi connectivity index (χ1) is 15.0. The number of carbonyl (C=O) groups excluding carboxylic acids is 1. The Hall–Kier alpha value is -2.58. The van der Waals surface area contributed by atoms with E-state index >= 15 is 0 Å². The van der Waals surface area contributed by atoms with E-state index in [1.165, 1.54) is 23.9 Å². The van der Waals surface area contributed by atoms with Crippen molar-refractivity contribution in [2.24, 2.45) is 0 Å². The van der Waals surface area contributed by atoms with Gasteiger partial charge in [-0.05, 0) is 43.8 Å². The molecule has 0 radical (unpaired) electrons. The lowest BCUT2D eigenvalue weighted by atomic mass is 10.0. The Bertz CT molecular complexity index is 1020. The first-order valence-corrected chi connectivity index (χ1v) is 11.6. The van der Waals surface area contributed by atoms with Crippen molar-refractivity contribution in [3.8, 4) is 0 Å². The van der Waals surface area contributed by atoms with Gasteiger partial charge in [-0.25, -0.2) is 9.37 Å². The number of anilines is 1. The summed E-state index contributed by atoms with van der Waals surface area (Å²) in [5.74, 6) is -0.268. The lowest BCUT2D eigenvalue weighted by molar-refractivity contribution is -0.119. The van der Waals surface area contributed by atoms with E-state index in [1.54, 1.807) is 0 Å². The zero-order valence-electron chi connectivity index (χ0n) is 17.8. The molecule has 1 aliphatic rings. The highest BCUT2D eigenvalue weighted by molar-refractivity contribution is 7.99. The number of carbonyl (C=O) groups is 1. The maximum Gasteiger partial charge on any atom is 0.257 e. The highest BCUT2D eigenvalue weighted by Crippen LogP contribution is 2.29. The van der Waals surface area contributed by atoms with Gasteiger partial charge >= 0.3 is 0 Å². The van der Waals surface area contributed by atoms with E-state index in [0.717, 1.165) is 49.5 Å². The number of benzene rings is 2. The highest BCUT2D eigenvalue weighted by atomic mass is 32.2. The number of aromatic nitrogens is 1. The van der Waals surface area contributed by atoms with Crippen molar-refractivity contribution >= 4 is 34.5 Å². The largest absolute Gasteiger partial charge is 0.431 e. The molecule has 2 heterocycles. The summed E-state index contributed by atoms with van der Waals surface area (Å²) in [5.41, 5.74) is 3.25.